The van der Waals surface area contributed by atoms with Gasteiger partial charge in [0.2, 0.25) is 0 Å². The Morgan fingerprint density at radius 3 is 2.63 bits per heavy atom. The van der Waals surface area contributed by atoms with Crippen LogP contribution in [-0.4, -0.2) is 59.8 Å². The molecule has 104 valence electrons. The first kappa shape index (κ1) is 13.5. The summed E-state index contributed by atoms with van der Waals surface area (Å²) in [6.45, 7) is 5.13. The summed E-state index contributed by atoms with van der Waals surface area (Å²) in [4.78, 5) is 4.72. The molecule has 0 aliphatic carbocycles. The summed E-state index contributed by atoms with van der Waals surface area (Å²) in [5, 5.41) is 10.4. The van der Waals surface area contributed by atoms with Gasteiger partial charge in [0.15, 0.2) is 0 Å². The molecule has 3 heterocycles. The average molecular weight is 329 g/mol. The Balaban J connectivity index is 1.69. The van der Waals surface area contributed by atoms with Crippen molar-refractivity contribution in [1.82, 2.24) is 9.80 Å². The van der Waals surface area contributed by atoms with Gasteiger partial charge in [0.1, 0.15) is 5.82 Å². The van der Waals surface area contributed by atoms with Crippen LogP contribution < -0.4 is 0 Å². The molecule has 2 atom stereocenters. The number of hydrogen-bond donors (Lipinski definition) is 1. The molecule has 1 N–H and O–H groups in total. The molecular formula is C14H18BrFN2O. The molecular weight excluding hydrogens is 311 g/mol. The lowest BCUT2D eigenvalue weighted by atomic mass is 9.96. The Kier molecular flexibility index (Phi) is 3.89. The van der Waals surface area contributed by atoms with Crippen LogP contribution in [-0.2, 0) is 6.42 Å². The van der Waals surface area contributed by atoms with Crippen molar-refractivity contribution < 1.29 is 9.50 Å². The average Bonchev–Trinajstić information content (AvgIpc) is 2.43. The summed E-state index contributed by atoms with van der Waals surface area (Å²) < 4.78 is 14.5. The third kappa shape index (κ3) is 2.84. The first-order valence-corrected chi connectivity index (χ1v) is 7.51. The zero-order valence-corrected chi connectivity index (χ0v) is 12.3. The van der Waals surface area contributed by atoms with Gasteiger partial charge in [-0.3, -0.25) is 9.80 Å². The standard InChI is InChI=1S/C14H18BrFN2O/c15-11-2-1-10(12(16)8-11)7-14(19)13-9-17-3-5-18(13)6-4-17/h1-2,8,13-14,19H,3-7,9H2. The van der Waals surface area contributed by atoms with E-state index in [1.165, 1.54) is 6.07 Å². The molecule has 0 amide bonds. The van der Waals surface area contributed by atoms with Gasteiger partial charge in [0, 0.05) is 49.7 Å². The van der Waals surface area contributed by atoms with Gasteiger partial charge in [0.25, 0.3) is 0 Å². The summed E-state index contributed by atoms with van der Waals surface area (Å²) >= 11 is 3.25. The molecule has 0 aromatic heterocycles. The van der Waals surface area contributed by atoms with Gasteiger partial charge in [-0.1, -0.05) is 22.0 Å². The van der Waals surface area contributed by atoms with E-state index < -0.39 is 6.10 Å². The number of halogens is 2. The zero-order chi connectivity index (χ0) is 13.4. The topological polar surface area (TPSA) is 26.7 Å². The Labute approximate surface area is 121 Å². The van der Waals surface area contributed by atoms with Crippen molar-refractivity contribution in [3.63, 3.8) is 0 Å². The van der Waals surface area contributed by atoms with Gasteiger partial charge in [-0.05, 0) is 17.7 Å². The number of piperazine rings is 3. The number of aliphatic hydroxyl groups is 1. The third-order valence-corrected chi connectivity index (χ3v) is 4.70. The minimum atomic E-state index is -0.501. The molecule has 19 heavy (non-hydrogen) atoms. The molecule has 4 rings (SSSR count). The fraction of sp³-hybridized carbons (Fsp3) is 0.571. The van der Waals surface area contributed by atoms with E-state index in [1.54, 1.807) is 6.07 Å². The van der Waals surface area contributed by atoms with Crippen LogP contribution in [0.5, 0.6) is 0 Å². The van der Waals surface area contributed by atoms with Gasteiger partial charge in [0.05, 0.1) is 6.10 Å². The van der Waals surface area contributed by atoms with Gasteiger partial charge in [-0.15, -0.1) is 0 Å². The highest BCUT2D eigenvalue weighted by Gasteiger charge is 2.36. The summed E-state index contributed by atoms with van der Waals surface area (Å²) in [5.41, 5.74) is 0.591. The van der Waals surface area contributed by atoms with Crippen LogP contribution in [0, 0.1) is 5.82 Å². The van der Waals surface area contributed by atoms with Crippen molar-refractivity contribution in [2.45, 2.75) is 18.6 Å². The van der Waals surface area contributed by atoms with Crippen LogP contribution in [0.4, 0.5) is 4.39 Å². The number of rotatable bonds is 3. The van der Waals surface area contributed by atoms with E-state index in [0.717, 1.165) is 37.2 Å². The molecule has 1 aromatic rings. The monoisotopic (exact) mass is 328 g/mol. The van der Waals surface area contributed by atoms with Crippen molar-refractivity contribution in [3.05, 3.63) is 34.1 Å². The highest BCUT2D eigenvalue weighted by molar-refractivity contribution is 9.10. The Bertz CT molecular complexity index is 463. The molecule has 3 aliphatic rings. The smallest absolute Gasteiger partial charge is 0.127 e. The Hall–Kier alpha value is -0.490. The normalized spacial score (nSPS) is 31.4. The predicted molar refractivity (Wildman–Crippen MR) is 75.6 cm³/mol. The van der Waals surface area contributed by atoms with E-state index in [4.69, 9.17) is 0 Å². The minimum absolute atomic E-state index is 0.144. The molecule has 3 saturated heterocycles. The zero-order valence-electron chi connectivity index (χ0n) is 10.7. The van der Waals surface area contributed by atoms with E-state index in [9.17, 15) is 9.50 Å². The molecule has 0 radical (unpaired) electrons. The summed E-state index contributed by atoms with van der Waals surface area (Å²) in [6.07, 6.45) is -0.118. The highest BCUT2D eigenvalue weighted by atomic mass is 79.9. The predicted octanol–water partition coefficient (Wildman–Crippen LogP) is 1.49. The van der Waals surface area contributed by atoms with E-state index >= 15 is 0 Å². The lowest BCUT2D eigenvalue weighted by Crippen LogP contribution is -2.64. The molecule has 2 unspecified atom stereocenters. The lowest BCUT2D eigenvalue weighted by molar-refractivity contribution is -0.0455. The second kappa shape index (κ2) is 5.48. The fourth-order valence-electron chi connectivity index (χ4n) is 3.07. The largest absolute Gasteiger partial charge is 0.391 e. The summed E-state index contributed by atoms with van der Waals surface area (Å²) in [7, 11) is 0. The summed E-state index contributed by atoms with van der Waals surface area (Å²) in [6, 6.07) is 5.17. The van der Waals surface area contributed by atoms with Gasteiger partial charge in [-0.25, -0.2) is 4.39 Å². The fourth-order valence-corrected chi connectivity index (χ4v) is 3.40. The van der Waals surface area contributed by atoms with Gasteiger partial charge in [-0.2, -0.15) is 0 Å². The van der Waals surface area contributed by atoms with Crippen LogP contribution in [0.1, 0.15) is 5.56 Å². The van der Waals surface area contributed by atoms with Crippen molar-refractivity contribution in [1.29, 1.82) is 0 Å². The molecule has 3 aliphatic heterocycles. The molecule has 2 bridgehead atoms. The first-order valence-electron chi connectivity index (χ1n) is 6.72. The van der Waals surface area contributed by atoms with E-state index in [2.05, 4.69) is 25.7 Å². The van der Waals surface area contributed by atoms with Gasteiger partial charge < -0.3 is 5.11 Å². The molecule has 1 aromatic carbocycles. The number of hydrogen-bond acceptors (Lipinski definition) is 3. The Morgan fingerprint density at radius 1 is 1.32 bits per heavy atom. The maximum atomic E-state index is 13.8. The minimum Gasteiger partial charge on any atom is -0.391 e. The maximum Gasteiger partial charge on any atom is 0.127 e. The lowest BCUT2D eigenvalue weighted by Gasteiger charge is -2.49. The molecule has 3 nitrogen and oxygen atoms in total. The molecule has 3 fully saturated rings. The maximum absolute atomic E-state index is 13.8. The second-order valence-corrected chi connectivity index (χ2v) is 6.33. The first-order chi connectivity index (χ1) is 9.13. The van der Waals surface area contributed by atoms with Crippen LogP contribution in [0.25, 0.3) is 0 Å². The van der Waals surface area contributed by atoms with Crippen molar-refractivity contribution in [3.8, 4) is 0 Å². The van der Waals surface area contributed by atoms with Crippen LogP contribution >= 0.6 is 15.9 Å². The Morgan fingerprint density at radius 2 is 2.05 bits per heavy atom. The number of nitrogens with zero attached hydrogens (tertiary/aromatic N) is 2. The molecule has 5 heteroatoms. The van der Waals surface area contributed by atoms with Crippen molar-refractivity contribution in [2.75, 3.05) is 32.7 Å². The van der Waals surface area contributed by atoms with Gasteiger partial charge >= 0.3 is 0 Å². The number of fused-ring (bicyclic) bond motifs is 3. The van der Waals surface area contributed by atoms with Crippen molar-refractivity contribution >= 4 is 15.9 Å². The molecule has 0 spiro atoms. The molecule has 0 saturated carbocycles. The van der Waals surface area contributed by atoms with Crippen LogP contribution in [0.2, 0.25) is 0 Å². The third-order valence-electron chi connectivity index (χ3n) is 4.21. The summed E-state index contributed by atoms with van der Waals surface area (Å²) in [5.74, 6) is -0.246. The van der Waals surface area contributed by atoms with Crippen molar-refractivity contribution in [2.24, 2.45) is 0 Å². The van der Waals surface area contributed by atoms with Crippen LogP contribution in [0.3, 0.4) is 0 Å². The second-order valence-electron chi connectivity index (χ2n) is 5.41. The number of benzene rings is 1. The van der Waals surface area contributed by atoms with Crippen LogP contribution in [0.15, 0.2) is 22.7 Å². The quantitative estimate of drug-likeness (QED) is 0.910. The van der Waals surface area contributed by atoms with E-state index in [-0.39, 0.29) is 11.9 Å². The van der Waals surface area contributed by atoms with E-state index in [0.29, 0.717) is 12.0 Å². The highest BCUT2D eigenvalue weighted by Crippen LogP contribution is 2.22. The van der Waals surface area contributed by atoms with E-state index in [1.807, 2.05) is 6.07 Å². The number of aliphatic hydroxyl groups excluding tert-OH is 1. The SMILES string of the molecule is OC(Cc1ccc(Br)cc1F)C1CN2CCN1CC2.